The third-order valence-corrected chi connectivity index (χ3v) is 5.33. The van der Waals surface area contributed by atoms with Crippen LogP contribution in [-0.4, -0.2) is 17.5 Å². The molecule has 0 spiro atoms. The molecule has 1 nitrogen and oxygen atoms in total. The van der Waals surface area contributed by atoms with E-state index < -0.39 is 11.6 Å². The van der Waals surface area contributed by atoms with E-state index in [1.807, 2.05) is 18.7 Å². The fourth-order valence-corrected chi connectivity index (χ4v) is 4.19. The largest absolute Gasteiger partial charge is 0.309 e. The lowest BCUT2D eigenvalue weighted by molar-refractivity contribution is 0.477. The molecule has 1 aromatic carbocycles. The second-order valence-corrected chi connectivity index (χ2v) is 6.68. The topological polar surface area (TPSA) is 12.0 Å². The second-order valence-electron chi connectivity index (χ2n) is 5.35. The van der Waals surface area contributed by atoms with Crippen LogP contribution < -0.4 is 5.32 Å². The zero-order valence-electron chi connectivity index (χ0n) is 12.0. The molecule has 1 unspecified atom stereocenters. The minimum Gasteiger partial charge on any atom is -0.309 e. The summed E-state index contributed by atoms with van der Waals surface area (Å²) >= 11 is 1.90. The van der Waals surface area contributed by atoms with Crippen LogP contribution in [0.4, 0.5) is 8.78 Å². The van der Waals surface area contributed by atoms with E-state index in [9.17, 15) is 8.78 Å². The summed E-state index contributed by atoms with van der Waals surface area (Å²) in [5.41, 5.74) is 0.454. The molecule has 1 fully saturated rings. The van der Waals surface area contributed by atoms with Crippen LogP contribution in [0.3, 0.4) is 0 Å². The molecule has 0 aromatic heterocycles. The summed E-state index contributed by atoms with van der Waals surface area (Å²) < 4.78 is 27.3. The molecule has 1 aliphatic rings. The quantitative estimate of drug-likeness (QED) is 0.818. The molecule has 2 rings (SSSR count). The third-order valence-electron chi connectivity index (χ3n) is 3.86. The molecule has 4 heteroatoms. The number of halogens is 2. The Morgan fingerprint density at radius 3 is 2.70 bits per heavy atom. The first-order chi connectivity index (χ1) is 9.72. The monoisotopic (exact) mass is 299 g/mol. The molecule has 20 heavy (non-hydrogen) atoms. The summed E-state index contributed by atoms with van der Waals surface area (Å²) in [5.74, 6) is -0.658. The van der Waals surface area contributed by atoms with Crippen molar-refractivity contribution in [1.82, 2.24) is 5.32 Å². The van der Waals surface area contributed by atoms with Gasteiger partial charge in [-0.2, -0.15) is 11.8 Å². The number of benzene rings is 1. The summed E-state index contributed by atoms with van der Waals surface area (Å²) in [4.78, 5) is 0. The SMILES string of the molecule is CCNC(CSC1CCCCC1)c1cccc(F)c1F. The van der Waals surface area contributed by atoms with Gasteiger partial charge in [0, 0.05) is 22.6 Å². The van der Waals surface area contributed by atoms with Crippen molar-refractivity contribution >= 4 is 11.8 Å². The van der Waals surface area contributed by atoms with Gasteiger partial charge in [0.1, 0.15) is 0 Å². The Balaban J connectivity index is 2.00. The lowest BCUT2D eigenvalue weighted by Gasteiger charge is -2.25. The lowest BCUT2D eigenvalue weighted by atomic mass is 10.0. The maximum Gasteiger partial charge on any atom is 0.163 e. The molecular formula is C16H23F2NS. The van der Waals surface area contributed by atoms with Crippen LogP contribution in [0, 0.1) is 11.6 Å². The van der Waals surface area contributed by atoms with Gasteiger partial charge in [0.25, 0.3) is 0 Å². The fourth-order valence-electron chi connectivity index (χ4n) is 2.76. The average Bonchev–Trinajstić information content (AvgIpc) is 2.48. The Bertz CT molecular complexity index is 419. The molecule has 1 aromatic rings. The van der Waals surface area contributed by atoms with Gasteiger partial charge in [-0.3, -0.25) is 0 Å². The smallest absolute Gasteiger partial charge is 0.163 e. The zero-order valence-corrected chi connectivity index (χ0v) is 12.8. The zero-order chi connectivity index (χ0) is 14.4. The van der Waals surface area contributed by atoms with Crippen LogP contribution in [-0.2, 0) is 0 Å². The van der Waals surface area contributed by atoms with E-state index >= 15 is 0 Å². The van der Waals surface area contributed by atoms with Gasteiger partial charge in [0.05, 0.1) is 0 Å². The van der Waals surface area contributed by atoms with Gasteiger partial charge in [-0.1, -0.05) is 38.3 Å². The molecule has 112 valence electrons. The highest BCUT2D eigenvalue weighted by molar-refractivity contribution is 7.99. The maximum absolute atomic E-state index is 13.9. The third kappa shape index (κ3) is 4.19. The van der Waals surface area contributed by atoms with Crippen molar-refractivity contribution in [3.05, 3.63) is 35.4 Å². The van der Waals surface area contributed by atoms with Gasteiger partial charge in [0.15, 0.2) is 11.6 Å². The van der Waals surface area contributed by atoms with Crippen molar-refractivity contribution in [2.75, 3.05) is 12.3 Å². The highest BCUT2D eigenvalue weighted by atomic mass is 32.2. The van der Waals surface area contributed by atoms with Gasteiger partial charge >= 0.3 is 0 Å². The summed E-state index contributed by atoms with van der Waals surface area (Å²) in [6, 6.07) is 4.34. The van der Waals surface area contributed by atoms with Crippen LogP contribution in [0.1, 0.15) is 50.6 Å². The average molecular weight is 299 g/mol. The first-order valence-corrected chi connectivity index (χ1v) is 8.56. The molecule has 1 saturated carbocycles. The minimum absolute atomic E-state index is 0.109. The van der Waals surface area contributed by atoms with Gasteiger partial charge in [-0.25, -0.2) is 8.78 Å². The van der Waals surface area contributed by atoms with Crippen molar-refractivity contribution in [3.63, 3.8) is 0 Å². The Hall–Kier alpha value is -0.610. The van der Waals surface area contributed by atoms with Crippen LogP contribution in [0.15, 0.2) is 18.2 Å². The Morgan fingerprint density at radius 2 is 2.00 bits per heavy atom. The number of hydrogen-bond donors (Lipinski definition) is 1. The Labute approximate surface area is 124 Å². The molecular weight excluding hydrogens is 276 g/mol. The molecule has 1 aliphatic carbocycles. The first kappa shape index (κ1) is 15.8. The molecule has 0 aliphatic heterocycles. The molecule has 0 amide bonds. The fraction of sp³-hybridized carbons (Fsp3) is 0.625. The van der Waals surface area contributed by atoms with Crippen LogP contribution in [0.5, 0.6) is 0 Å². The van der Waals surface area contributed by atoms with Gasteiger partial charge in [-0.05, 0) is 25.5 Å². The summed E-state index contributed by atoms with van der Waals surface area (Å²) in [7, 11) is 0. The van der Waals surface area contributed by atoms with Gasteiger partial charge < -0.3 is 5.32 Å². The van der Waals surface area contributed by atoms with Crippen molar-refractivity contribution in [2.45, 2.75) is 50.3 Å². The molecule has 0 bridgehead atoms. The second kappa shape index (κ2) is 7.99. The predicted molar refractivity (Wildman–Crippen MR) is 82.1 cm³/mol. The highest BCUT2D eigenvalue weighted by Crippen LogP contribution is 2.31. The molecule has 0 radical (unpaired) electrons. The summed E-state index contributed by atoms with van der Waals surface area (Å²) in [6.45, 7) is 2.75. The molecule has 1 N–H and O–H groups in total. The van der Waals surface area contributed by atoms with E-state index in [4.69, 9.17) is 0 Å². The van der Waals surface area contributed by atoms with Crippen molar-refractivity contribution in [2.24, 2.45) is 0 Å². The highest BCUT2D eigenvalue weighted by Gasteiger charge is 2.20. The Morgan fingerprint density at radius 1 is 1.25 bits per heavy atom. The standard InChI is InChI=1S/C16H23F2NS/c1-2-19-15(11-20-12-7-4-3-5-8-12)13-9-6-10-14(17)16(13)18/h6,9-10,12,15,19H,2-5,7-8,11H2,1H3. The van der Waals surface area contributed by atoms with E-state index in [1.54, 1.807) is 12.1 Å². The normalized spacial score (nSPS) is 18.1. The lowest BCUT2D eigenvalue weighted by Crippen LogP contribution is -2.25. The number of hydrogen-bond acceptors (Lipinski definition) is 2. The van der Waals surface area contributed by atoms with Crippen molar-refractivity contribution in [3.8, 4) is 0 Å². The molecule has 0 heterocycles. The van der Waals surface area contributed by atoms with E-state index in [-0.39, 0.29) is 6.04 Å². The van der Waals surface area contributed by atoms with E-state index in [1.165, 1.54) is 38.2 Å². The molecule has 1 atom stereocenters. The molecule has 0 saturated heterocycles. The van der Waals surface area contributed by atoms with E-state index in [0.717, 1.165) is 12.3 Å². The van der Waals surface area contributed by atoms with Crippen LogP contribution in [0.2, 0.25) is 0 Å². The van der Waals surface area contributed by atoms with Gasteiger partial charge in [0.2, 0.25) is 0 Å². The Kier molecular flexibility index (Phi) is 6.30. The van der Waals surface area contributed by atoms with Crippen LogP contribution >= 0.6 is 11.8 Å². The van der Waals surface area contributed by atoms with Crippen molar-refractivity contribution < 1.29 is 8.78 Å². The number of nitrogens with one attached hydrogen (secondary N) is 1. The predicted octanol–water partition coefficient (Wildman–Crippen LogP) is 4.68. The summed E-state index contributed by atoms with van der Waals surface area (Å²) in [5, 5.41) is 3.96. The van der Waals surface area contributed by atoms with E-state index in [0.29, 0.717) is 10.8 Å². The van der Waals surface area contributed by atoms with Crippen molar-refractivity contribution in [1.29, 1.82) is 0 Å². The van der Waals surface area contributed by atoms with Gasteiger partial charge in [-0.15, -0.1) is 0 Å². The maximum atomic E-state index is 13.9. The minimum atomic E-state index is -0.756. The van der Waals surface area contributed by atoms with E-state index in [2.05, 4.69) is 5.32 Å². The van der Waals surface area contributed by atoms with Crippen LogP contribution in [0.25, 0.3) is 0 Å². The summed E-state index contributed by atoms with van der Waals surface area (Å²) in [6.07, 6.45) is 6.46. The number of rotatable bonds is 6. The first-order valence-electron chi connectivity index (χ1n) is 7.51. The number of thioether (sulfide) groups is 1.